The number of carbonyl (C=O) groups is 1. The number of thiophene rings is 1. The van der Waals surface area contributed by atoms with Crippen molar-refractivity contribution in [1.29, 1.82) is 0 Å². The predicted octanol–water partition coefficient (Wildman–Crippen LogP) is 3.45. The highest BCUT2D eigenvalue weighted by Gasteiger charge is 2.16. The molecule has 0 atom stereocenters. The number of aromatic amines is 1. The molecule has 7 nitrogen and oxygen atoms in total. The van der Waals surface area contributed by atoms with E-state index < -0.39 is 5.97 Å². The van der Waals surface area contributed by atoms with Gasteiger partial charge in [0, 0.05) is 33.9 Å². The van der Waals surface area contributed by atoms with Crippen LogP contribution in [0.25, 0.3) is 21.3 Å². The smallest absolute Gasteiger partial charge is 0.358 e. The van der Waals surface area contributed by atoms with Crippen LogP contribution in [0.3, 0.4) is 0 Å². The van der Waals surface area contributed by atoms with Gasteiger partial charge in [0.25, 0.3) is 5.56 Å². The van der Waals surface area contributed by atoms with E-state index in [2.05, 4.69) is 19.9 Å². The first-order chi connectivity index (χ1) is 13.1. The minimum Gasteiger partial charge on any atom is -0.453 e. The number of nitrogens with zero attached hydrogens (tertiary/aromatic N) is 3. The number of aromatic nitrogens is 4. The SMILES string of the molecule is O=C(OCc1nc2scc(-c3ccccc3Cl)c2c(=O)[nH]1)c1cnccn1. The molecule has 0 aliphatic heterocycles. The fraction of sp³-hybridized carbons (Fsp3) is 0.0556. The predicted molar refractivity (Wildman–Crippen MR) is 102 cm³/mol. The molecule has 3 aromatic heterocycles. The molecular weight excluding hydrogens is 388 g/mol. The highest BCUT2D eigenvalue weighted by molar-refractivity contribution is 7.17. The van der Waals surface area contributed by atoms with Crippen LogP contribution in [-0.2, 0) is 11.3 Å². The molecule has 0 aliphatic rings. The van der Waals surface area contributed by atoms with Gasteiger partial charge in [-0.15, -0.1) is 11.3 Å². The molecule has 4 aromatic rings. The van der Waals surface area contributed by atoms with Crippen LogP contribution < -0.4 is 5.56 Å². The summed E-state index contributed by atoms with van der Waals surface area (Å²) >= 11 is 7.57. The summed E-state index contributed by atoms with van der Waals surface area (Å²) in [6, 6.07) is 7.29. The van der Waals surface area contributed by atoms with Gasteiger partial charge in [-0.3, -0.25) is 9.78 Å². The van der Waals surface area contributed by atoms with Crippen LogP contribution in [0, 0.1) is 0 Å². The number of hydrogen-bond donors (Lipinski definition) is 1. The molecule has 0 saturated carbocycles. The van der Waals surface area contributed by atoms with Gasteiger partial charge in [-0.05, 0) is 6.07 Å². The molecule has 1 aromatic carbocycles. The number of halogens is 1. The summed E-state index contributed by atoms with van der Waals surface area (Å²) in [6.07, 6.45) is 4.15. The number of benzene rings is 1. The second kappa shape index (κ2) is 7.26. The molecular formula is C18H11ClN4O3S. The van der Waals surface area contributed by atoms with Crippen molar-refractivity contribution < 1.29 is 9.53 Å². The van der Waals surface area contributed by atoms with E-state index in [0.29, 0.717) is 15.2 Å². The van der Waals surface area contributed by atoms with Crippen LogP contribution in [0.15, 0.2) is 53.0 Å². The highest BCUT2D eigenvalue weighted by atomic mass is 35.5. The Morgan fingerprint density at radius 3 is 2.85 bits per heavy atom. The second-order valence-corrected chi connectivity index (χ2v) is 6.75. The average Bonchev–Trinajstić information content (AvgIpc) is 3.11. The molecule has 0 spiro atoms. The third-order valence-electron chi connectivity index (χ3n) is 3.77. The Bertz CT molecular complexity index is 1190. The number of fused-ring (bicyclic) bond motifs is 1. The molecule has 9 heteroatoms. The maximum atomic E-state index is 12.6. The van der Waals surface area contributed by atoms with Gasteiger partial charge >= 0.3 is 5.97 Å². The lowest BCUT2D eigenvalue weighted by Crippen LogP contribution is -2.14. The van der Waals surface area contributed by atoms with Crippen molar-refractivity contribution in [2.75, 3.05) is 0 Å². The molecule has 27 heavy (non-hydrogen) atoms. The van der Waals surface area contributed by atoms with Crippen LogP contribution in [0.2, 0.25) is 5.02 Å². The van der Waals surface area contributed by atoms with Crippen molar-refractivity contribution in [2.24, 2.45) is 0 Å². The molecule has 134 valence electrons. The normalized spacial score (nSPS) is 10.9. The first kappa shape index (κ1) is 17.3. The van der Waals surface area contributed by atoms with Crippen LogP contribution in [0.4, 0.5) is 0 Å². The van der Waals surface area contributed by atoms with Gasteiger partial charge in [0.1, 0.15) is 17.3 Å². The zero-order chi connectivity index (χ0) is 18.8. The third-order valence-corrected chi connectivity index (χ3v) is 4.97. The van der Waals surface area contributed by atoms with E-state index >= 15 is 0 Å². The van der Waals surface area contributed by atoms with Crippen LogP contribution in [0.1, 0.15) is 16.3 Å². The molecule has 0 amide bonds. The van der Waals surface area contributed by atoms with Crippen LogP contribution in [-0.4, -0.2) is 25.9 Å². The van der Waals surface area contributed by atoms with Crippen molar-refractivity contribution in [3.63, 3.8) is 0 Å². The summed E-state index contributed by atoms with van der Waals surface area (Å²) in [5, 5.41) is 2.85. The van der Waals surface area contributed by atoms with Crippen molar-refractivity contribution in [2.45, 2.75) is 6.61 Å². The summed E-state index contributed by atoms with van der Waals surface area (Å²) in [5.41, 5.74) is 1.25. The van der Waals surface area contributed by atoms with E-state index in [1.165, 1.54) is 29.9 Å². The van der Waals surface area contributed by atoms with E-state index in [1.54, 1.807) is 6.07 Å². The Hall–Kier alpha value is -3.10. The number of esters is 1. The van der Waals surface area contributed by atoms with Crippen molar-refractivity contribution >= 4 is 39.1 Å². The summed E-state index contributed by atoms with van der Waals surface area (Å²) in [6.45, 7) is -0.181. The molecule has 4 rings (SSSR count). The second-order valence-electron chi connectivity index (χ2n) is 5.49. The van der Waals surface area contributed by atoms with Crippen molar-refractivity contribution in [1.82, 2.24) is 19.9 Å². The average molecular weight is 399 g/mol. The maximum Gasteiger partial charge on any atom is 0.358 e. The summed E-state index contributed by atoms with van der Waals surface area (Å²) in [4.78, 5) is 39.8. The van der Waals surface area contributed by atoms with Crippen molar-refractivity contribution in [3.05, 3.63) is 75.1 Å². The lowest BCUT2D eigenvalue weighted by Gasteiger charge is -2.05. The number of carbonyl (C=O) groups excluding carboxylic acids is 1. The van der Waals surface area contributed by atoms with Gasteiger partial charge in [-0.1, -0.05) is 29.8 Å². The molecule has 0 radical (unpaired) electrons. The Morgan fingerprint density at radius 1 is 1.22 bits per heavy atom. The van der Waals surface area contributed by atoms with E-state index in [4.69, 9.17) is 16.3 Å². The quantitative estimate of drug-likeness (QED) is 0.529. The van der Waals surface area contributed by atoms with Gasteiger partial charge < -0.3 is 9.72 Å². The van der Waals surface area contributed by atoms with Gasteiger partial charge in [-0.25, -0.2) is 14.8 Å². The fourth-order valence-electron chi connectivity index (χ4n) is 2.55. The zero-order valence-corrected chi connectivity index (χ0v) is 15.3. The topological polar surface area (TPSA) is 97.8 Å². The van der Waals surface area contributed by atoms with E-state index in [1.807, 2.05) is 23.6 Å². The first-order valence-corrected chi connectivity index (χ1v) is 9.07. The highest BCUT2D eigenvalue weighted by Crippen LogP contribution is 2.34. The Kier molecular flexibility index (Phi) is 4.66. The molecule has 0 saturated heterocycles. The molecule has 0 fully saturated rings. The number of hydrogen-bond acceptors (Lipinski definition) is 7. The van der Waals surface area contributed by atoms with Gasteiger partial charge in [0.2, 0.25) is 0 Å². The van der Waals surface area contributed by atoms with E-state index in [9.17, 15) is 9.59 Å². The van der Waals surface area contributed by atoms with Crippen molar-refractivity contribution in [3.8, 4) is 11.1 Å². The summed E-state index contributed by atoms with van der Waals surface area (Å²) in [7, 11) is 0. The third kappa shape index (κ3) is 3.44. The summed E-state index contributed by atoms with van der Waals surface area (Å²) < 4.78 is 5.14. The van der Waals surface area contributed by atoms with E-state index in [0.717, 1.165) is 11.1 Å². The number of ether oxygens (including phenoxy) is 1. The largest absolute Gasteiger partial charge is 0.453 e. The number of H-pyrrole nitrogens is 1. The number of rotatable bonds is 4. The molecule has 1 N–H and O–H groups in total. The monoisotopic (exact) mass is 398 g/mol. The first-order valence-electron chi connectivity index (χ1n) is 7.82. The molecule has 0 unspecified atom stereocenters. The number of nitrogens with one attached hydrogen (secondary N) is 1. The fourth-order valence-corrected chi connectivity index (χ4v) is 3.75. The molecule has 0 bridgehead atoms. The minimum atomic E-state index is -0.645. The molecule has 0 aliphatic carbocycles. The lowest BCUT2D eigenvalue weighted by molar-refractivity contribution is 0.0455. The Labute approximate surface area is 161 Å². The van der Waals surface area contributed by atoms with Gasteiger partial charge in [-0.2, -0.15) is 0 Å². The zero-order valence-electron chi connectivity index (χ0n) is 13.7. The van der Waals surface area contributed by atoms with Gasteiger partial charge in [0.05, 0.1) is 11.6 Å². The Morgan fingerprint density at radius 2 is 2.07 bits per heavy atom. The summed E-state index contributed by atoms with van der Waals surface area (Å²) in [5.74, 6) is -0.397. The van der Waals surface area contributed by atoms with Crippen LogP contribution >= 0.6 is 22.9 Å². The molecule has 3 heterocycles. The van der Waals surface area contributed by atoms with E-state index in [-0.39, 0.29) is 23.7 Å². The lowest BCUT2D eigenvalue weighted by atomic mass is 10.1. The minimum absolute atomic E-state index is 0.0815. The maximum absolute atomic E-state index is 12.6. The standard InChI is InChI=1S/C18H11ClN4O3S/c19-12-4-2-1-3-10(12)11-9-27-17-15(11)16(24)22-14(23-17)8-26-18(25)13-7-20-5-6-21-13/h1-7,9H,8H2,(H,22,23,24). The Balaban J connectivity index is 1.63. The van der Waals surface area contributed by atoms with Gasteiger partial charge in [0.15, 0.2) is 5.69 Å². The van der Waals surface area contributed by atoms with Crippen LogP contribution in [0.5, 0.6) is 0 Å².